The third kappa shape index (κ3) is 3.56. The molecule has 13 nitrogen and oxygen atoms in total. The van der Waals surface area contributed by atoms with E-state index in [0.717, 1.165) is 6.21 Å². The van der Waals surface area contributed by atoms with E-state index >= 15 is 0 Å². The van der Waals surface area contributed by atoms with Crippen LogP contribution in [0.3, 0.4) is 0 Å². The number of carbonyl (C=O) groups excluding carboxylic acids is 2. The monoisotopic (exact) mass is 374 g/mol. The molecule has 3 rings (SSSR count). The molecule has 1 unspecified atom stereocenters. The van der Waals surface area contributed by atoms with Crippen LogP contribution in [0.4, 0.5) is 4.79 Å². The molecule has 3 aliphatic rings. The Morgan fingerprint density at radius 1 is 1.42 bits per heavy atom. The van der Waals surface area contributed by atoms with E-state index in [4.69, 9.17) is 20.9 Å². The largest absolute Gasteiger partial charge is 0.441 e. The predicted molar refractivity (Wildman–Crippen MR) is 84.5 cm³/mol. The molecule has 0 aromatic carbocycles. The normalized spacial score (nSPS) is 45.4. The molecule has 13 heteroatoms. The van der Waals surface area contributed by atoms with Gasteiger partial charge in [-0.3, -0.25) is 20.7 Å². The van der Waals surface area contributed by atoms with Crippen LogP contribution in [0, 0.1) is 0 Å². The molecule has 2 fully saturated rings. The first-order valence-corrected chi connectivity index (χ1v) is 8.02. The van der Waals surface area contributed by atoms with Crippen molar-refractivity contribution in [1.29, 1.82) is 0 Å². The van der Waals surface area contributed by atoms with Crippen LogP contribution in [0.15, 0.2) is 4.99 Å². The molecule has 3 heterocycles. The summed E-state index contributed by atoms with van der Waals surface area (Å²) in [6, 6.07) is -2.37. The number of nitrogens with one attached hydrogen (secondary N) is 3. The van der Waals surface area contributed by atoms with Crippen LogP contribution >= 0.6 is 0 Å². The quantitative estimate of drug-likeness (QED) is 0.232. The fourth-order valence-electron chi connectivity index (χ4n) is 3.28. The minimum Gasteiger partial charge on any atom is -0.441 e. The van der Waals surface area contributed by atoms with Crippen molar-refractivity contribution in [3.8, 4) is 0 Å². The highest BCUT2D eigenvalue weighted by Gasteiger charge is 2.48. The van der Waals surface area contributed by atoms with Gasteiger partial charge >= 0.3 is 6.09 Å². The van der Waals surface area contributed by atoms with Crippen molar-refractivity contribution in [2.75, 3.05) is 6.61 Å². The Kier molecular flexibility index (Phi) is 5.50. The summed E-state index contributed by atoms with van der Waals surface area (Å²) < 4.78 is 10.3. The molecule has 10 N–H and O–H groups in total. The van der Waals surface area contributed by atoms with E-state index < -0.39 is 73.7 Å². The second-order valence-electron chi connectivity index (χ2n) is 6.29. The number of hydrogen-bond acceptors (Lipinski definition) is 11. The molecular weight excluding hydrogens is 352 g/mol. The Bertz CT molecular complexity index is 589. The number of ether oxygens (including phenoxy) is 2. The van der Waals surface area contributed by atoms with Gasteiger partial charge in [-0.15, -0.1) is 0 Å². The van der Waals surface area contributed by atoms with E-state index in [2.05, 4.69) is 20.9 Å². The third-order valence-corrected chi connectivity index (χ3v) is 4.58. The van der Waals surface area contributed by atoms with Crippen LogP contribution in [-0.4, -0.2) is 95.2 Å². The lowest BCUT2D eigenvalue weighted by molar-refractivity contribution is -0.198. The summed E-state index contributed by atoms with van der Waals surface area (Å²) in [5.41, 5.74) is 10.9. The van der Waals surface area contributed by atoms with Crippen LogP contribution in [0.1, 0.15) is 0 Å². The van der Waals surface area contributed by atoms with Gasteiger partial charge < -0.3 is 36.3 Å². The lowest BCUT2D eigenvalue weighted by Crippen LogP contribution is -2.69. The molecule has 0 bridgehead atoms. The lowest BCUT2D eigenvalue weighted by Gasteiger charge is -2.43. The number of aliphatic hydroxyl groups excluding tert-OH is 3. The van der Waals surface area contributed by atoms with Crippen LogP contribution < -0.4 is 27.4 Å². The van der Waals surface area contributed by atoms with Gasteiger partial charge in [-0.2, -0.15) is 0 Å². The van der Waals surface area contributed by atoms with E-state index in [1.54, 1.807) is 0 Å². The maximum atomic E-state index is 11.8. The molecule has 0 radical (unpaired) electrons. The average molecular weight is 374 g/mol. The summed E-state index contributed by atoms with van der Waals surface area (Å²) in [5.74, 6) is -0.436. The van der Waals surface area contributed by atoms with E-state index in [9.17, 15) is 24.9 Å². The van der Waals surface area contributed by atoms with Crippen molar-refractivity contribution in [2.45, 2.75) is 55.1 Å². The van der Waals surface area contributed by atoms with Gasteiger partial charge in [0.15, 0.2) is 6.10 Å². The van der Waals surface area contributed by atoms with Crippen molar-refractivity contribution in [2.24, 2.45) is 16.5 Å². The van der Waals surface area contributed by atoms with Gasteiger partial charge in [0.1, 0.15) is 36.9 Å². The molecule has 0 spiro atoms. The van der Waals surface area contributed by atoms with E-state index in [1.165, 1.54) is 0 Å². The minimum atomic E-state index is -1.36. The number of carbonyl (C=O) groups is 2. The van der Waals surface area contributed by atoms with Gasteiger partial charge in [-0.05, 0) is 0 Å². The maximum absolute atomic E-state index is 11.8. The van der Waals surface area contributed by atoms with Crippen molar-refractivity contribution in [1.82, 2.24) is 16.0 Å². The molecule has 0 saturated carbocycles. The summed E-state index contributed by atoms with van der Waals surface area (Å²) in [4.78, 5) is 26.3. The fraction of sp³-hybridized carbons (Fsp3) is 0.769. The van der Waals surface area contributed by atoms with Gasteiger partial charge in [0.2, 0.25) is 0 Å². The standard InChI is InChI=1S/C13H22N6O7/c14-5-8(22)9(26-12(15)24)4(2-20)25-11(5)19-13-17-6-3(21)1-16-10(23)7(6)18-13/h1,3-9,11,13,17-22H,2,14H2,(H2,15,24)/t3-,4-,5-,6-,7+,8+,9+,11-,13?/m1/s1. The van der Waals surface area contributed by atoms with E-state index in [1.807, 2.05) is 0 Å². The SMILES string of the molecule is NC(=O)O[C@@H]1[C@@H](O)[C@@H](N)[C@H](NC2N[C@@H]3[C@H](O)C=NC(=O)[C@H]3N2)O[C@@H]1CO. The highest BCUT2D eigenvalue weighted by molar-refractivity contribution is 5.94. The first kappa shape index (κ1) is 19.1. The highest BCUT2D eigenvalue weighted by atomic mass is 16.6. The summed E-state index contributed by atoms with van der Waals surface area (Å²) in [6.45, 7) is -0.554. The van der Waals surface area contributed by atoms with Gasteiger partial charge in [0.05, 0.1) is 18.7 Å². The second-order valence-corrected chi connectivity index (χ2v) is 6.29. The number of fused-ring (bicyclic) bond motifs is 1. The number of hydrogen-bond donors (Lipinski definition) is 8. The van der Waals surface area contributed by atoms with Gasteiger partial charge in [0.25, 0.3) is 5.91 Å². The zero-order valence-electron chi connectivity index (χ0n) is 13.6. The van der Waals surface area contributed by atoms with Crippen molar-refractivity contribution < 1.29 is 34.4 Å². The Morgan fingerprint density at radius 2 is 2.15 bits per heavy atom. The highest BCUT2D eigenvalue weighted by Crippen LogP contribution is 2.22. The third-order valence-electron chi connectivity index (χ3n) is 4.58. The number of aliphatic imine (C=N–C) groups is 1. The summed E-state index contributed by atoms with van der Waals surface area (Å²) >= 11 is 0. The van der Waals surface area contributed by atoms with Crippen LogP contribution in [0.5, 0.6) is 0 Å². The molecule has 2 amide bonds. The van der Waals surface area contributed by atoms with E-state index in [0.29, 0.717) is 0 Å². The minimum absolute atomic E-state index is 0.436. The number of amides is 2. The molecule has 0 aromatic rings. The Balaban J connectivity index is 1.65. The molecular formula is C13H22N6O7. The molecule has 9 atom stereocenters. The van der Waals surface area contributed by atoms with Gasteiger partial charge in [0, 0.05) is 6.21 Å². The topological polar surface area (TPSA) is 214 Å². The number of nitrogens with zero attached hydrogens (tertiary/aromatic N) is 1. The summed E-state index contributed by atoms with van der Waals surface area (Å²) in [6.07, 6.45) is -6.24. The first-order valence-electron chi connectivity index (χ1n) is 8.02. The zero-order chi connectivity index (χ0) is 19.0. The molecule has 0 aliphatic carbocycles. The second kappa shape index (κ2) is 7.50. The molecule has 26 heavy (non-hydrogen) atoms. The van der Waals surface area contributed by atoms with Crippen LogP contribution in [0.2, 0.25) is 0 Å². The first-order chi connectivity index (χ1) is 12.3. The zero-order valence-corrected chi connectivity index (χ0v) is 13.6. The molecule has 2 saturated heterocycles. The fourth-order valence-corrected chi connectivity index (χ4v) is 3.28. The number of rotatable bonds is 4. The van der Waals surface area contributed by atoms with Crippen LogP contribution in [0.25, 0.3) is 0 Å². The number of aliphatic hydroxyl groups is 3. The van der Waals surface area contributed by atoms with Gasteiger partial charge in [-0.1, -0.05) is 0 Å². The van der Waals surface area contributed by atoms with E-state index in [-0.39, 0.29) is 0 Å². The van der Waals surface area contributed by atoms with Crippen LogP contribution in [-0.2, 0) is 14.3 Å². The number of primary amides is 1. The predicted octanol–water partition coefficient (Wildman–Crippen LogP) is -5.37. The average Bonchev–Trinajstić information content (AvgIpc) is 3.02. The molecule has 146 valence electrons. The Hall–Kier alpha value is -1.71. The van der Waals surface area contributed by atoms with Crippen molar-refractivity contribution in [3.05, 3.63) is 0 Å². The summed E-state index contributed by atoms with van der Waals surface area (Å²) in [5, 5.41) is 38.4. The Morgan fingerprint density at radius 3 is 2.77 bits per heavy atom. The summed E-state index contributed by atoms with van der Waals surface area (Å²) in [7, 11) is 0. The van der Waals surface area contributed by atoms with Gasteiger partial charge in [-0.25, -0.2) is 9.79 Å². The lowest BCUT2D eigenvalue weighted by atomic mass is 9.96. The molecule has 0 aromatic heterocycles. The number of nitrogens with two attached hydrogens (primary N) is 2. The Labute approximate surface area is 147 Å². The smallest absolute Gasteiger partial charge is 0.404 e. The maximum Gasteiger partial charge on any atom is 0.404 e. The van der Waals surface area contributed by atoms with Crippen molar-refractivity contribution in [3.63, 3.8) is 0 Å². The molecule has 3 aliphatic heterocycles. The van der Waals surface area contributed by atoms with Crippen molar-refractivity contribution >= 4 is 18.2 Å².